The molecule has 2 heterocycles. The molecule has 2 aromatic heterocycles. The average Bonchev–Trinajstić information content (AvgIpc) is 3.18. The molecule has 0 bridgehead atoms. The molecule has 3 aromatic rings. The Morgan fingerprint density at radius 2 is 1.83 bits per heavy atom. The summed E-state index contributed by atoms with van der Waals surface area (Å²) in [6.45, 7) is 2.24. The number of aromatic nitrogens is 1. The van der Waals surface area contributed by atoms with Crippen molar-refractivity contribution >= 4 is 38.4 Å². The first-order valence-corrected chi connectivity index (χ1v) is 10.7. The van der Waals surface area contributed by atoms with Crippen molar-refractivity contribution in [3.8, 4) is 21.8 Å². The lowest BCUT2D eigenvalue weighted by molar-refractivity contribution is 0.598. The Hall–Kier alpha value is -1.70. The van der Waals surface area contributed by atoms with Crippen molar-refractivity contribution < 1.29 is 8.42 Å². The molecule has 0 saturated carbocycles. The molecule has 3 rings (SSSR count). The number of rotatable bonds is 5. The van der Waals surface area contributed by atoms with Gasteiger partial charge in [-0.05, 0) is 30.5 Å². The highest BCUT2D eigenvalue weighted by Gasteiger charge is 2.15. The molecule has 0 N–H and O–H groups in total. The predicted molar refractivity (Wildman–Crippen MR) is 98.7 cm³/mol. The zero-order chi connectivity index (χ0) is 16.4. The molecule has 0 aliphatic heterocycles. The fourth-order valence-corrected chi connectivity index (χ4v) is 4.85. The molecule has 4 nitrogen and oxygen atoms in total. The van der Waals surface area contributed by atoms with Gasteiger partial charge >= 0.3 is 0 Å². The van der Waals surface area contributed by atoms with Gasteiger partial charge in [0.15, 0.2) is 0 Å². The molecule has 1 aromatic carbocycles. The van der Waals surface area contributed by atoms with Gasteiger partial charge < -0.3 is 0 Å². The third-order valence-corrected chi connectivity index (χ3v) is 6.26. The van der Waals surface area contributed by atoms with Gasteiger partial charge in [0.05, 0.1) is 17.6 Å². The normalized spacial score (nSPS) is 11.6. The van der Waals surface area contributed by atoms with Crippen LogP contribution in [0.4, 0.5) is 5.69 Å². The van der Waals surface area contributed by atoms with Gasteiger partial charge in [-0.25, -0.2) is 13.4 Å². The summed E-state index contributed by atoms with van der Waals surface area (Å²) in [4.78, 5) is 4.66. The highest BCUT2D eigenvalue weighted by Crippen LogP contribution is 2.31. The number of thiazole rings is 1. The second-order valence-electron chi connectivity index (χ2n) is 5.02. The van der Waals surface area contributed by atoms with Crippen LogP contribution < -0.4 is 4.31 Å². The molecular weight excluding hydrogens is 348 g/mol. The Kier molecular flexibility index (Phi) is 4.52. The van der Waals surface area contributed by atoms with Crippen LogP contribution in [0.5, 0.6) is 0 Å². The molecule has 120 valence electrons. The van der Waals surface area contributed by atoms with Gasteiger partial charge in [0.25, 0.3) is 0 Å². The molecule has 0 unspecified atom stereocenters. The number of nitrogens with zero attached hydrogens (tertiary/aromatic N) is 2. The number of sulfonamides is 1. The van der Waals surface area contributed by atoms with E-state index in [1.165, 1.54) is 10.6 Å². The largest absolute Gasteiger partial charge is 0.271 e. The Morgan fingerprint density at radius 3 is 2.39 bits per heavy atom. The van der Waals surface area contributed by atoms with E-state index in [-0.39, 0.29) is 0 Å². The van der Waals surface area contributed by atoms with Crippen molar-refractivity contribution in [3.63, 3.8) is 0 Å². The summed E-state index contributed by atoms with van der Waals surface area (Å²) in [6.07, 6.45) is 1.22. The lowest BCUT2D eigenvalue weighted by atomic mass is 10.1. The van der Waals surface area contributed by atoms with Crippen LogP contribution in [0, 0.1) is 0 Å². The summed E-state index contributed by atoms with van der Waals surface area (Å²) in [5, 5.41) is 7.14. The minimum atomic E-state index is -3.25. The average molecular weight is 365 g/mol. The van der Waals surface area contributed by atoms with Crippen LogP contribution in [0.2, 0.25) is 0 Å². The predicted octanol–water partition coefficient (Wildman–Crippen LogP) is 4.32. The maximum absolute atomic E-state index is 11.8. The Balaban J connectivity index is 1.88. The Labute approximate surface area is 144 Å². The lowest BCUT2D eigenvalue weighted by Gasteiger charge is -2.20. The van der Waals surface area contributed by atoms with Crippen LogP contribution in [-0.4, -0.2) is 26.2 Å². The van der Waals surface area contributed by atoms with E-state index in [1.54, 1.807) is 22.7 Å². The highest BCUT2D eigenvalue weighted by molar-refractivity contribution is 7.92. The zero-order valence-electron chi connectivity index (χ0n) is 12.8. The molecule has 0 aliphatic carbocycles. The topological polar surface area (TPSA) is 50.3 Å². The third-order valence-electron chi connectivity index (χ3n) is 3.41. The molecule has 0 atom stereocenters. The van der Waals surface area contributed by atoms with E-state index in [0.29, 0.717) is 12.2 Å². The van der Waals surface area contributed by atoms with E-state index in [9.17, 15) is 8.42 Å². The number of hydrogen-bond donors (Lipinski definition) is 0. The van der Waals surface area contributed by atoms with Crippen LogP contribution in [-0.2, 0) is 10.0 Å². The first-order chi connectivity index (χ1) is 11.0. The van der Waals surface area contributed by atoms with Crippen LogP contribution >= 0.6 is 22.7 Å². The van der Waals surface area contributed by atoms with Crippen molar-refractivity contribution in [1.29, 1.82) is 0 Å². The molecular formula is C16H16N2O2S3. The maximum Gasteiger partial charge on any atom is 0.232 e. The van der Waals surface area contributed by atoms with Gasteiger partial charge in [0.1, 0.15) is 5.01 Å². The molecule has 0 spiro atoms. The number of thiophene rings is 1. The first-order valence-electron chi connectivity index (χ1n) is 7.05. The van der Waals surface area contributed by atoms with Crippen molar-refractivity contribution in [3.05, 3.63) is 46.5 Å². The standard InChI is InChI=1S/C16H16N2O2S3/c1-3-18(23(2,19)20)14-6-4-12(5-7-14)15-11-22-16(17-15)13-8-9-21-10-13/h4-11H,3H2,1-2H3. The molecule has 0 radical (unpaired) electrons. The summed E-state index contributed by atoms with van der Waals surface area (Å²) in [5.41, 5.74) is 3.70. The van der Waals surface area contributed by atoms with Crippen LogP contribution in [0.1, 0.15) is 6.92 Å². The van der Waals surface area contributed by atoms with Crippen molar-refractivity contribution in [1.82, 2.24) is 4.98 Å². The molecule has 0 aliphatic rings. The minimum absolute atomic E-state index is 0.414. The van der Waals surface area contributed by atoms with E-state index >= 15 is 0 Å². The van der Waals surface area contributed by atoms with Gasteiger partial charge in [-0.2, -0.15) is 11.3 Å². The summed E-state index contributed by atoms with van der Waals surface area (Å²) in [5.74, 6) is 0. The smallest absolute Gasteiger partial charge is 0.232 e. The summed E-state index contributed by atoms with van der Waals surface area (Å²) >= 11 is 3.26. The minimum Gasteiger partial charge on any atom is -0.271 e. The summed E-state index contributed by atoms with van der Waals surface area (Å²) in [7, 11) is -3.25. The van der Waals surface area contributed by atoms with Crippen molar-refractivity contribution in [2.75, 3.05) is 17.1 Å². The quantitative estimate of drug-likeness (QED) is 0.677. The second-order valence-corrected chi connectivity index (χ2v) is 8.57. The van der Waals surface area contributed by atoms with E-state index in [0.717, 1.165) is 21.8 Å². The van der Waals surface area contributed by atoms with Gasteiger partial charge in [-0.15, -0.1) is 11.3 Å². The number of anilines is 1. The molecule has 7 heteroatoms. The van der Waals surface area contributed by atoms with Crippen molar-refractivity contribution in [2.24, 2.45) is 0 Å². The van der Waals surface area contributed by atoms with Gasteiger partial charge in [0.2, 0.25) is 10.0 Å². The van der Waals surface area contributed by atoms with Gasteiger partial charge in [-0.3, -0.25) is 4.31 Å². The monoisotopic (exact) mass is 364 g/mol. The van der Waals surface area contributed by atoms with Gasteiger partial charge in [0, 0.05) is 28.4 Å². The maximum atomic E-state index is 11.8. The number of hydrogen-bond acceptors (Lipinski definition) is 5. The van der Waals surface area contributed by atoms with E-state index < -0.39 is 10.0 Å². The molecule has 0 saturated heterocycles. The van der Waals surface area contributed by atoms with Crippen LogP contribution in [0.3, 0.4) is 0 Å². The summed E-state index contributed by atoms with van der Waals surface area (Å²) < 4.78 is 24.9. The molecule has 0 amide bonds. The molecule has 23 heavy (non-hydrogen) atoms. The zero-order valence-corrected chi connectivity index (χ0v) is 15.2. The van der Waals surface area contributed by atoms with E-state index in [1.807, 2.05) is 41.9 Å². The number of benzene rings is 1. The van der Waals surface area contributed by atoms with Crippen LogP contribution in [0.15, 0.2) is 46.5 Å². The van der Waals surface area contributed by atoms with Gasteiger partial charge in [-0.1, -0.05) is 12.1 Å². The Bertz CT molecular complexity index is 882. The lowest BCUT2D eigenvalue weighted by Crippen LogP contribution is -2.29. The fourth-order valence-electron chi connectivity index (χ4n) is 2.33. The van der Waals surface area contributed by atoms with Crippen molar-refractivity contribution in [2.45, 2.75) is 6.92 Å². The SMILES string of the molecule is CCN(c1ccc(-c2csc(-c3ccsc3)n2)cc1)S(C)(=O)=O. The summed E-state index contributed by atoms with van der Waals surface area (Å²) in [6, 6.07) is 9.53. The Morgan fingerprint density at radius 1 is 1.09 bits per heavy atom. The molecule has 0 fully saturated rings. The third kappa shape index (κ3) is 3.46. The fraction of sp³-hybridized carbons (Fsp3) is 0.188. The highest BCUT2D eigenvalue weighted by atomic mass is 32.2. The van der Waals surface area contributed by atoms with E-state index in [4.69, 9.17) is 0 Å². The van der Waals surface area contributed by atoms with E-state index in [2.05, 4.69) is 16.4 Å². The first kappa shape index (κ1) is 16.2. The van der Waals surface area contributed by atoms with Crippen LogP contribution in [0.25, 0.3) is 21.8 Å². The second kappa shape index (κ2) is 6.43.